The number of H-pyrrole nitrogens is 1. The summed E-state index contributed by atoms with van der Waals surface area (Å²) in [6, 6.07) is 10.9. The third kappa shape index (κ3) is 2.82. The van der Waals surface area contributed by atoms with Gasteiger partial charge in [-0.05, 0) is 31.0 Å². The molecule has 3 heterocycles. The van der Waals surface area contributed by atoms with Crippen molar-refractivity contribution in [3.05, 3.63) is 57.5 Å². The number of carbonyl (C=O) groups excluding carboxylic acids is 1. The Labute approximate surface area is 142 Å². The lowest BCUT2D eigenvalue weighted by atomic mass is 9.98. The third-order valence-corrected chi connectivity index (χ3v) is 5.47. The summed E-state index contributed by atoms with van der Waals surface area (Å²) in [5.41, 5.74) is 0.986. The van der Waals surface area contributed by atoms with Crippen molar-refractivity contribution in [3.63, 3.8) is 0 Å². The number of likely N-dealkylation sites (tertiary alicyclic amines) is 1. The molecule has 0 aliphatic carbocycles. The number of carbonyl (C=O) groups is 1. The number of hydrogen-bond acceptors (Lipinski definition) is 5. The Balaban J connectivity index is 1.55. The molecule has 1 amide bonds. The van der Waals surface area contributed by atoms with Gasteiger partial charge in [0.15, 0.2) is 0 Å². The second-order valence-corrected chi connectivity index (χ2v) is 6.98. The van der Waals surface area contributed by atoms with E-state index in [0.717, 1.165) is 23.4 Å². The monoisotopic (exact) mass is 340 g/mol. The zero-order valence-electron chi connectivity index (χ0n) is 12.9. The van der Waals surface area contributed by atoms with Crippen molar-refractivity contribution in [3.8, 4) is 0 Å². The van der Waals surface area contributed by atoms with Gasteiger partial charge in [-0.15, -0.1) is 11.3 Å². The number of amides is 1. The van der Waals surface area contributed by atoms with Crippen LogP contribution in [0.3, 0.4) is 0 Å². The summed E-state index contributed by atoms with van der Waals surface area (Å²) < 4.78 is 1.18. The molecule has 1 N–H and O–H groups in total. The first-order valence-corrected chi connectivity index (χ1v) is 8.73. The predicted molar refractivity (Wildman–Crippen MR) is 92.4 cm³/mol. The molecule has 1 aromatic carbocycles. The van der Waals surface area contributed by atoms with Crippen LogP contribution in [0.15, 0.2) is 41.2 Å². The maximum Gasteiger partial charge on any atom is 0.274 e. The average molecular weight is 340 g/mol. The summed E-state index contributed by atoms with van der Waals surface area (Å²) >= 11 is 1.70. The Morgan fingerprint density at radius 3 is 2.92 bits per heavy atom. The molecule has 1 aliphatic rings. The maximum absolute atomic E-state index is 12.6. The fourth-order valence-corrected chi connectivity index (χ4v) is 4.15. The molecule has 24 heavy (non-hydrogen) atoms. The van der Waals surface area contributed by atoms with Crippen molar-refractivity contribution in [2.45, 2.75) is 18.8 Å². The van der Waals surface area contributed by atoms with E-state index in [0.29, 0.717) is 13.1 Å². The number of aromatic nitrogens is 3. The lowest BCUT2D eigenvalue weighted by Crippen LogP contribution is -2.39. The zero-order valence-corrected chi connectivity index (χ0v) is 13.8. The van der Waals surface area contributed by atoms with Crippen LogP contribution in [0.25, 0.3) is 10.2 Å². The van der Waals surface area contributed by atoms with Gasteiger partial charge in [0.05, 0.1) is 15.2 Å². The smallest absolute Gasteiger partial charge is 0.274 e. The van der Waals surface area contributed by atoms with E-state index >= 15 is 0 Å². The van der Waals surface area contributed by atoms with Crippen LogP contribution in [-0.4, -0.2) is 39.1 Å². The number of fused-ring (bicyclic) bond motifs is 1. The SMILES string of the molecule is O=C(c1ccc(=O)[nH]n1)N1CCCC(c2nc3ccccc3s2)C1. The van der Waals surface area contributed by atoms with Gasteiger partial charge in [-0.1, -0.05) is 12.1 Å². The highest BCUT2D eigenvalue weighted by molar-refractivity contribution is 7.18. The Kier molecular flexibility index (Phi) is 3.86. The van der Waals surface area contributed by atoms with E-state index in [1.807, 2.05) is 18.2 Å². The molecule has 0 radical (unpaired) electrons. The van der Waals surface area contributed by atoms with Crippen LogP contribution in [0.4, 0.5) is 0 Å². The lowest BCUT2D eigenvalue weighted by molar-refractivity contribution is 0.0700. The Morgan fingerprint density at radius 2 is 2.12 bits per heavy atom. The molecule has 1 fully saturated rings. The molecule has 7 heteroatoms. The van der Waals surface area contributed by atoms with Crippen molar-refractivity contribution in [1.82, 2.24) is 20.1 Å². The second-order valence-electron chi connectivity index (χ2n) is 5.92. The fraction of sp³-hybridized carbons (Fsp3) is 0.294. The van der Waals surface area contributed by atoms with Crippen LogP contribution in [0.2, 0.25) is 0 Å². The number of nitrogens with one attached hydrogen (secondary N) is 1. The minimum absolute atomic E-state index is 0.142. The van der Waals surface area contributed by atoms with Crippen molar-refractivity contribution >= 4 is 27.5 Å². The van der Waals surface area contributed by atoms with Crippen LogP contribution in [0, 0.1) is 0 Å². The molecule has 0 spiro atoms. The molecule has 3 aromatic rings. The Morgan fingerprint density at radius 1 is 1.25 bits per heavy atom. The van der Waals surface area contributed by atoms with Gasteiger partial charge in [0, 0.05) is 25.1 Å². The van der Waals surface area contributed by atoms with Gasteiger partial charge >= 0.3 is 0 Å². The molecular weight excluding hydrogens is 324 g/mol. The van der Waals surface area contributed by atoms with E-state index in [2.05, 4.69) is 16.3 Å². The number of nitrogens with zero attached hydrogens (tertiary/aromatic N) is 3. The summed E-state index contributed by atoms with van der Waals surface area (Å²) in [7, 11) is 0. The maximum atomic E-state index is 12.6. The summed E-state index contributed by atoms with van der Waals surface area (Å²) in [5, 5.41) is 7.25. The molecular formula is C17H16N4O2S. The van der Waals surface area contributed by atoms with Crippen LogP contribution in [-0.2, 0) is 0 Å². The summed E-state index contributed by atoms with van der Waals surface area (Å²) in [6.45, 7) is 1.35. The summed E-state index contributed by atoms with van der Waals surface area (Å²) in [4.78, 5) is 30.2. The highest BCUT2D eigenvalue weighted by atomic mass is 32.1. The largest absolute Gasteiger partial charge is 0.337 e. The molecule has 2 aromatic heterocycles. The summed E-state index contributed by atoms with van der Waals surface area (Å²) in [6.07, 6.45) is 1.97. The van der Waals surface area contributed by atoms with E-state index in [1.165, 1.54) is 16.8 Å². The number of para-hydroxylation sites is 1. The van der Waals surface area contributed by atoms with Crippen LogP contribution < -0.4 is 5.56 Å². The molecule has 1 atom stereocenters. The Bertz CT molecular complexity index is 895. The minimum atomic E-state index is -0.308. The topological polar surface area (TPSA) is 79.0 Å². The highest BCUT2D eigenvalue weighted by Gasteiger charge is 2.28. The molecule has 6 nitrogen and oxygen atoms in total. The fourth-order valence-electron chi connectivity index (χ4n) is 3.05. The lowest BCUT2D eigenvalue weighted by Gasteiger charge is -2.31. The third-order valence-electron chi connectivity index (χ3n) is 4.27. The standard InChI is InChI=1S/C17H16N4O2S/c22-15-8-7-13(19-20-15)17(23)21-9-3-4-11(10-21)16-18-12-5-1-2-6-14(12)24-16/h1-2,5-8,11H,3-4,9-10H2,(H,20,22). The van der Waals surface area contributed by atoms with Crippen LogP contribution in [0.1, 0.15) is 34.3 Å². The first kappa shape index (κ1) is 15.0. The van der Waals surface area contributed by atoms with E-state index in [-0.39, 0.29) is 23.1 Å². The molecule has 122 valence electrons. The molecule has 0 bridgehead atoms. The van der Waals surface area contributed by atoms with Gasteiger partial charge in [0.25, 0.3) is 11.5 Å². The highest BCUT2D eigenvalue weighted by Crippen LogP contribution is 2.33. The summed E-state index contributed by atoms with van der Waals surface area (Å²) in [5.74, 6) is 0.111. The molecule has 1 unspecified atom stereocenters. The Hall–Kier alpha value is -2.54. The van der Waals surface area contributed by atoms with Crippen LogP contribution in [0.5, 0.6) is 0 Å². The van der Waals surface area contributed by atoms with Gasteiger partial charge in [-0.2, -0.15) is 5.10 Å². The minimum Gasteiger partial charge on any atom is -0.337 e. The normalized spacial score (nSPS) is 18.0. The van der Waals surface area contributed by atoms with E-state index < -0.39 is 0 Å². The van der Waals surface area contributed by atoms with E-state index in [1.54, 1.807) is 16.2 Å². The average Bonchev–Trinajstić information content (AvgIpc) is 3.06. The predicted octanol–water partition coefficient (Wildman–Crippen LogP) is 2.40. The van der Waals surface area contributed by atoms with Crippen LogP contribution >= 0.6 is 11.3 Å². The number of thiazole rings is 1. The number of piperidine rings is 1. The first-order chi connectivity index (χ1) is 11.7. The zero-order chi connectivity index (χ0) is 16.5. The number of benzene rings is 1. The van der Waals surface area contributed by atoms with Gasteiger partial charge < -0.3 is 4.90 Å². The molecule has 4 rings (SSSR count). The number of rotatable bonds is 2. The van der Waals surface area contributed by atoms with Gasteiger partial charge in [0.2, 0.25) is 0 Å². The van der Waals surface area contributed by atoms with Crippen molar-refractivity contribution in [1.29, 1.82) is 0 Å². The molecule has 0 saturated carbocycles. The van der Waals surface area contributed by atoms with Crippen molar-refractivity contribution in [2.24, 2.45) is 0 Å². The van der Waals surface area contributed by atoms with Crippen molar-refractivity contribution < 1.29 is 4.79 Å². The molecule has 1 saturated heterocycles. The van der Waals surface area contributed by atoms with E-state index in [4.69, 9.17) is 4.98 Å². The van der Waals surface area contributed by atoms with Crippen molar-refractivity contribution in [2.75, 3.05) is 13.1 Å². The second kappa shape index (κ2) is 6.16. The van der Waals surface area contributed by atoms with Gasteiger partial charge in [-0.3, -0.25) is 9.59 Å². The first-order valence-electron chi connectivity index (χ1n) is 7.91. The molecule has 1 aliphatic heterocycles. The quantitative estimate of drug-likeness (QED) is 0.777. The number of aromatic amines is 1. The van der Waals surface area contributed by atoms with Gasteiger partial charge in [0.1, 0.15) is 5.69 Å². The van der Waals surface area contributed by atoms with E-state index in [9.17, 15) is 9.59 Å². The number of hydrogen-bond donors (Lipinski definition) is 1. The van der Waals surface area contributed by atoms with Gasteiger partial charge in [-0.25, -0.2) is 10.1 Å².